The Bertz CT molecular complexity index is 902. The number of rotatable bonds is 7. The number of sulfone groups is 1. The predicted octanol–water partition coefficient (Wildman–Crippen LogP) is 2.79. The number of carbonyl (C=O) groups excluding carboxylic acids is 2. The van der Waals surface area contributed by atoms with Gasteiger partial charge in [-0.25, -0.2) is 8.42 Å². The first kappa shape index (κ1) is 28.3. The number of aliphatic hydroxyl groups is 1. The van der Waals surface area contributed by atoms with Crippen LogP contribution in [-0.4, -0.2) is 55.5 Å². The van der Waals surface area contributed by atoms with Crippen LogP contribution in [0.5, 0.6) is 0 Å². The molecule has 0 radical (unpaired) electrons. The minimum absolute atomic E-state index is 0.0847. The second-order valence-electron chi connectivity index (χ2n) is 9.81. The molecule has 0 spiro atoms. The van der Waals surface area contributed by atoms with Gasteiger partial charge in [-0.2, -0.15) is 0 Å². The van der Waals surface area contributed by atoms with Gasteiger partial charge in [-0.1, -0.05) is 57.9 Å². The summed E-state index contributed by atoms with van der Waals surface area (Å²) in [7, 11) is -3.34. The summed E-state index contributed by atoms with van der Waals surface area (Å²) in [6, 6.07) is 7.47. The van der Waals surface area contributed by atoms with Gasteiger partial charge < -0.3 is 15.7 Å². The number of hydrogen-bond donors (Lipinski definition) is 3. The molecule has 0 aromatic heterocycles. The van der Waals surface area contributed by atoms with Gasteiger partial charge in [0.25, 0.3) is 0 Å². The van der Waals surface area contributed by atoms with Crippen molar-refractivity contribution < 1.29 is 23.1 Å². The molecule has 0 unspecified atom stereocenters. The van der Waals surface area contributed by atoms with Gasteiger partial charge in [-0.05, 0) is 49.7 Å². The fourth-order valence-corrected chi connectivity index (χ4v) is 6.06. The summed E-state index contributed by atoms with van der Waals surface area (Å²) < 4.78 is 25.0. The maximum atomic E-state index is 12.9. The monoisotopic (exact) mass is 494 g/mol. The lowest BCUT2D eigenvalue weighted by Gasteiger charge is -2.27. The zero-order chi connectivity index (χ0) is 25.1. The number of unbranched alkanes of at least 4 members (excludes halogenated alkanes) is 1. The van der Waals surface area contributed by atoms with Crippen molar-refractivity contribution in [3.8, 4) is 0 Å². The van der Waals surface area contributed by atoms with Crippen LogP contribution in [0.4, 0.5) is 0 Å². The van der Waals surface area contributed by atoms with Gasteiger partial charge >= 0.3 is 0 Å². The molecular weight excluding hydrogens is 452 g/mol. The van der Waals surface area contributed by atoms with E-state index < -0.39 is 39.7 Å². The average Bonchev–Trinajstić information content (AvgIpc) is 2.77. The van der Waals surface area contributed by atoms with E-state index in [9.17, 15) is 23.1 Å². The van der Waals surface area contributed by atoms with E-state index in [4.69, 9.17) is 0 Å². The molecule has 1 aromatic carbocycles. The summed E-state index contributed by atoms with van der Waals surface area (Å²) >= 11 is 0. The Morgan fingerprint density at radius 2 is 1.97 bits per heavy atom. The summed E-state index contributed by atoms with van der Waals surface area (Å²) in [4.78, 5) is 25.3. The Balaban J connectivity index is 2.20. The quantitative estimate of drug-likeness (QED) is 0.505. The van der Waals surface area contributed by atoms with Crippen LogP contribution in [-0.2, 0) is 32.3 Å². The highest BCUT2D eigenvalue weighted by Gasteiger charge is 2.29. The highest BCUT2D eigenvalue weighted by molar-refractivity contribution is 7.91. The normalized spacial score (nSPS) is 23.6. The number of amides is 2. The molecule has 0 saturated heterocycles. The molecule has 0 saturated carbocycles. The van der Waals surface area contributed by atoms with Crippen LogP contribution < -0.4 is 10.6 Å². The molecule has 1 aromatic rings. The van der Waals surface area contributed by atoms with Crippen LogP contribution in [0, 0.1) is 11.8 Å². The Morgan fingerprint density at radius 1 is 1.24 bits per heavy atom. The minimum Gasteiger partial charge on any atom is -0.391 e. The standard InChI is InChI=1S/C26H42N2O5S/c1-4-5-13-27-25(30)19(2)15-24(29)23-17-22-12-9-11-21(16-22)10-7-6-8-14-34(32,33)18-20(3)26(31)28-23/h9,11-12,16,19-20,23-24,29H,4-8,10,13-15,17-18H2,1-3H3,(H,27,30)(H,28,31)/t19-,20-,23+,24+/m1/s1. The number of benzene rings is 1. The molecule has 2 rings (SSSR count). The first-order valence-corrected chi connectivity index (χ1v) is 14.5. The third kappa shape index (κ3) is 9.74. The third-order valence-corrected chi connectivity index (χ3v) is 8.40. The second-order valence-corrected chi connectivity index (χ2v) is 12.0. The molecule has 2 amide bonds. The molecule has 3 N–H and O–H groups in total. The van der Waals surface area contributed by atoms with Crippen LogP contribution >= 0.6 is 0 Å². The summed E-state index contributed by atoms with van der Waals surface area (Å²) in [6.45, 7) is 6.04. The van der Waals surface area contributed by atoms with E-state index in [1.807, 2.05) is 18.2 Å². The third-order valence-electron chi connectivity index (χ3n) is 6.48. The molecule has 4 atom stereocenters. The lowest BCUT2D eigenvalue weighted by molar-refractivity contribution is -0.126. The van der Waals surface area contributed by atoms with E-state index >= 15 is 0 Å². The van der Waals surface area contributed by atoms with Gasteiger partial charge in [0.15, 0.2) is 9.84 Å². The van der Waals surface area contributed by atoms with Crippen molar-refractivity contribution in [3.05, 3.63) is 35.4 Å². The van der Waals surface area contributed by atoms with Crippen LogP contribution in [0.3, 0.4) is 0 Å². The molecular formula is C26H42N2O5S. The SMILES string of the molecule is CCCCNC(=O)[C@H](C)C[C@H](O)[C@@H]1Cc2cccc(c2)CCCCCS(=O)(=O)C[C@@H](C)C(=O)N1. The van der Waals surface area contributed by atoms with E-state index in [1.165, 1.54) is 0 Å². The number of nitrogens with one attached hydrogen (secondary N) is 2. The van der Waals surface area contributed by atoms with Gasteiger partial charge in [0.05, 0.1) is 23.7 Å². The predicted molar refractivity (Wildman–Crippen MR) is 135 cm³/mol. The van der Waals surface area contributed by atoms with Gasteiger partial charge in [0.2, 0.25) is 11.8 Å². The van der Waals surface area contributed by atoms with Crippen LogP contribution in [0.15, 0.2) is 24.3 Å². The summed E-state index contributed by atoms with van der Waals surface area (Å²) in [5.41, 5.74) is 2.16. The van der Waals surface area contributed by atoms with E-state index in [-0.39, 0.29) is 23.8 Å². The number of aryl methyl sites for hydroxylation is 1. The van der Waals surface area contributed by atoms with Crippen LogP contribution in [0.2, 0.25) is 0 Å². The van der Waals surface area contributed by atoms with Crippen molar-refractivity contribution in [2.24, 2.45) is 11.8 Å². The fourth-order valence-electron chi connectivity index (χ4n) is 4.34. The van der Waals surface area contributed by atoms with Crippen molar-refractivity contribution in [3.63, 3.8) is 0 Å². The minimum atomic E-state index is -3.34. The molecule has 8 heteroatoms. The zero-order valence-electron chi connectivity index (χ0n) is 20.9. The molecule has 34 heavy (non-hydrogen) atoms. The first-order valence-electron chi connectivity index (χ1n) is 12.7. The van der Waals surface area contributed by atoms with E-state index in [0.29, 0.717) is 19.4 Å². The van der Waals surface area contributed by atoms with Crippen molar-refractivity contribution in [1.82, 2.24) is 10.6 Å². The molecule has 0 aliphatic carbocycles. The van der Waals surface area contributed by atoms with Crippen molar-refractivity contribution in [2.75, 3.05) is 18.1 Å². The number of aliphatic hydroxyl groups excluding tert-OH is 1. The topological polar surface area (TPSA) is 113 Å². The second kappa shape index (κ2) is 13.8. The lowest BCUT2D eigenvalue weighted by Crippen LogP contribution is -2.48. The summed E-state index contributed by atoms with van der Waals surface area (Å²) in [6.07, 6.45) is 4.73. The van der Waals surface area contributed by atoms with Crippen LogP contribution in [0.25, 0.3) is 0 Å². The molecule has 1 heterocycles. The molecule has 1 aliphatic heterocycles. The average molecular weight is 495 g/mol. The fraction of sp³-hybridized carbons (Fsp3) is 0.692. The van der Waals surface area contributed by atoms with Gasteiger partial charge in [0, 0.05) is 18.4 Å². The van der Waals surface area contributed by atoms with E-state index in [1.54, 1.807) is 13.8 Å². The number of fused-ring (bicyclic) bond motifs is 2. The maximum Gasteiger partial charge on any atom is 0.224 e. The summed E-state index contributed by atoms with van der Waals surface area (Å²) in [5.74, 6) is -1.75. The first-order chi connectivity index (χ1) is 16.1. The molecule has 7 nitrogen and oxygen atoms in total. The Kier molecular flexibility index (Phi) is 11.5. The van der Waals surface area contributed by atoms with Crippen molar-refractivity contribution in [2.45, 2.75) is 84.3 Å². The van der Waals surface area contributed by atoms with E-state index in [0.717, 1.165) is 43.2 Å². The maximum absolute atomic E-state index is 12.9. The van der Waals surface area contributed by atoms with Crippen molar-refractivity contribution >= 4 is 21.7 Å². The number of carbonyl (C=O) groups is 2. The largest absolute Gasteiger partial charge is 0.391 e. The van der Waals surface area contributed by atoms with Gasteiger partial charge in [-0.3, -0.25) is 9.59 Å². The van der Waals surface area contributed by atoms with Gasteiger partial charge in [-0.15, -0.1) is 0 Å². The summed E-state index contributed by atoms with van der Waals surface area (Å²) in [5, 5.41) is 16.8. The van der Waals surface area contributed by atoms with Gasteiger partial charge in [0.1, 0.15) is 0 Å². The number of hydrogen-bond acceptors (Lipinski definition) is 5. The molecule has 0 fully saturated rings. The van der Waals surface area contributed by atoms with Crippen LogP contribution in [0.1, 0.15) is 70.4 Å². The molecule has 2 bridgehead atoms. The lowest BCUT2D eigenvalue weighted by atomic mass is 9.92. The van der Waals surface area contributed by atoms with E-state index in [2.05, 4.69) is 23.6 Å². The molecule has 192 valence electrons. The Hall–Kier alpha value is -1.93. The Labute approximate surface area is 205 Å². The Morgan fingerprint density at radius 3 is 2.71 bits per heavy atom. The van der Waals surface area contributed by atoms with Crippen molar-refractivity contribution in [1.29, 1.82) is 0 Å². The molecule has 1 aliphatic rings. The zero-order valence-corrected chi connectivity index (χ0v) is 21.7. The highest BCUT2D eigenvalue weighted by atomic mass is 32.2. The smallest absolute Gasteiger partial charge is 0.224 e. The highest BCUT2D eigenvalue weighted by Crippen LogP contribution is 2.18.